The smallest absolute Gasteiger partial charge is 0.306 e. The molecule has 0 saturated heterocycles. The van der Waals surface area contributed by atoms with Gasteiger partial charge in [-0.3, -0.25) is 4.79 Å². The number of carboxylic acid groups (broad SMARTS) is 1. The topological polar surface area (TPSA) is 83.5 Å². The Kier molecular flexibility index (Phi) is 4.50. The van der Waals surface area contributed by atoms with Crippen molar-refractivity contribution < 1.29 is 18.3 Å². The van der Waals surface area contributed by atoms with Gasteiger partial charge >= 0.3 is 5.97 Å². The average molecular weight is 289 g/mol. The number of rotatable bonds is 5. The minimum Gasteiger partial charge on any atom is -0.481 e. The summed E-state index contributed by atoms with van der Waals surface area (Å²) in [5.41, 5.74) is 0. The second-order valence-corrected chi connectivity index (χ2v) is 8.21. The van der Waals surface area contributed by atoms with E-state index >= 15 is 0 Å². The van der Waals surface area contributed by atoms with Crippen LogP contribution in [0.3, 0.4) is 0 Å². The summed E-state index contributed by atoms with van der Waals surface area (Å²) in [6.07, 6.45) is 6.48. The normalized spacial score (nSPS) is 35.6. The SMILES string of the molecule is CS(=O)(=O)C1CCCC1NCC1CCCC1C(=O)O. The van der Waals surface area contributed by atoms with Crippen LogP contribution in [-0.2, 0) is 14.6 Å². The Hall–Kier alpha value is -0.620. The molecule has 0 amide bonds. The molecule has 2 aliphatic rings. The van der Waals surface area contributed by atoms with Crippen molar-refractivity contribution in [1.82, 2.24) is 5.32 Å². The van der Waals surface area contributed by atoms with E-state index in [2.05, 4.69) is 5.32 Å². The summed E-state index contributed by atoms with van der Waals surface area (Å²) in [6.45, 7) is 0.633. The van der Waals surface area contributed by atoms with Crippen LogP contribution in [0.15, 0.2) is 0 Å². The summed E-state index contributed by atoms with van der Waals surface area (Å²) < 4.78 is 23.4. The second-order valence-electron chi connectivity index (χ2n) is 5.95. The molecule has 5 nitrogen and oxygen atoms in total. The molecule has 0 aromatic carbocycles. The molecule has 4 atom stereocenters. The predicted molar refractivity (Wildman–Crippen MR) is 72.7 cm³/mol. The van der Waals surface area contributed by atoms with E-state index in [1.54, 1.807) is 0 Å². The molecule has 4 unspecified atom stereocenters. The molecule has 0 aromatic rings. The molecule has 110 valence electrons. The van der Waals surface area contributed by atoms with Gasteiger partial charge in [-0.05, 0) is 38.1 Å². The molecule has 6 heteroatoms. The van der Waals surface area contributed by atoms with Crippen LogP contribution >= 0.6 is 0 Å². The maximum Gasteiger partial charge on any atom is 0.306 e. The number of carboxylic acids is 1. The van der Waals surface area contributed by atoms with Crippen molar-refractivity contribution in [2.45, 2.75) is 49.8 Å². The first kappa shape index (κ1) is 14.8. The fourth-order valence-electron chi connectivity index (χ4n) is 3.58. The summed E-state index contributed by atoms with van der Waals surface area (Å²) in [5.74, 6) is -0.820. The highest BCUT2D eigenvalue weighted by Gasteiger charge is 2.37. The van der Waals surface area contributed by atoms with Gasteiger partial charge in [0.25, 0.3) is 0 Å². The Labute approximate surface area is 114 Å². The molecule has 0 spiro atoms. The van der Waals surface area contributed by atoms with E-state index in [-0.39, 0.29) is 23.1 Å². The molecule has 0 heterocycles. The van der Waals surface area contributed by atoms with Crippen molar-refractivity contribution in [3.05, 3.63) is 0 Å². The van der Waals surface area contributed by atoms with Gasteiger partial charge in [-0.1, -0.05) is 12.8 Å². The third-order valence-corrected chi connectivity index (χ3v) is 6.29. The molecule has 2 rings (SSSR count). The van der Waals surface area contributed by atoms with E-state index in [0.29, 0.717) is 6.54 Å². The molecule has 0 bridgehead atoms. The summed E-state index contributed by atoms with van der Waals surface area (Å²) >= 11 is 0. The van der Waals surface area contributed by atoms with E-state index in [1.807, 2.05) is 0 Å². The molecule has 0 radical (unpaired) electrons. The van der Waals surface area contributed by atoms with Crippen molar-refractivity contribution in [1.29, 1.82) is 0 Å². The fraction of sp³-hybridized carbons (Fsp3) is 0.923. The van der Waals surface area contributed by atoms with Crippen LogP contribution in [0.4, 0.5) is 0 Å². The van der Waals surface area contributed by atoms with Crippen LogP contribution in [0.2, 0.25) is 0 Å². The van der Waals surface area contributed by atoms with Gasteiger partial charge in [0, 0.05) is 12.3 Å². The molecule has 0 aliphatic heterocycles. The van der Waals surface area contributed by atoms with Gasteiger partial charge in [0.1, 0.15) is 0 Å². The molecule has 2 aliphatic carbocycles. The second kappa shape index (κ2) is 5.79. The van der Waals surface area contributed by atoms with Gasteiger partial charge in [-0.25, -0.2) is 8.42 Å². The Morgan fingerprint density at radius 1 is 1.21 bits per heavy atom. The first-order valence-corrected chi connectivity index (χ1v) is 9.00. The molecule has 0 aromatic heterocycles. The highest BCUT2D eigenvalue weighted by Crippen LogP contribution is 2.32. The largest absolute Gasteiger partial charge is 0.481 e. The van der Waals surface area contributed by atoms with Crippen LogP contribution < -0.4 is 5.32 Å². The Morgan fingerprint density at radius 2 is 1.89 bits per heavy atom. The first-order chi connectivity index (χ1) is 8.89. The first-order valence-electron chi connectivity index (χ1n) is 7.04. The monoisotopic (exact) mass is 289 g/mol. The highest BCUT2D eigenvalue weighted by atomic mass is 32.2. The van der Waals surface area contributed by atoms with E-state index in [4.69, 9.17) is 5.11 Å². The average Bonchev–Trinajstić information content (AvgIpc) is 2.94. The van der Waals surface area contributed by atoms with Gasteiger partial charge in [-0.15, -0.1) is 0 Å². The minimum atomic E-state index is -3.01. The summed E-state index contributed by atoms with van der Waals surface area (Å²) in [6, 6.07) is 0.00467. The van der Waals surface area contributed by atoms with Gasteiger partial charge < -0.3 is 10.4 Å². The standard InChI is InChI=1S/C13H23NO4S/c1-19(17,18)12-7-3-6-11(12)14-8-9-4-2-5-10(9)13(15)16/h9-12,14H,2-8H2,1H3,(H,15,16). The molecule has 19 heavy (non-hydrogen) atoms. The van der Waals surface area contributed by atoms with Gasteiger partial charge in [-0.2, -0.15) is 0 Å². The molecule has 2 N–H and O–H groups in total. The Morgan fingerprint density at radius 3 is 2.53 bits per heavy atom. The quantitative estimate of drug-likeness (QED) is 0.790. The van der Waals surface area contributed by atoms with Crippen molar-refractivity contribution in [2.24, 2.45) is 11.8 Å². The van der Waals surface area contributed by atoms with E-state index in [0.717, 1.165) is 38.5 Å². The van der Waals surface area contributed by atoms with Crippen LogP contribution in [0, 0.1) is 11.8 Å². The maximum absolute atomic E-state index is 11.7. The third kappa shape index (κ3) is 3.48. The number of nitrogens with one attached hydrogen (secondary N) is 1. The summed E-state index contributed by atoms with van der Waals surface area (Å²) in [4.78, 5) is 11.1. The number of hydrogen-bond donors (Lipinski definition) is 2. The van der Waals surface area contributed by atoms with Crippen molar-refractivity contribution >= 4 is 15.8 Å². The summed E-state index contributed by atoms with van der Waals surface area (Å²) in [7, 11) is -3.01. The molecule has 2 fully saturated rings. The lowest BCUT2D eigenvalue weighted by molar-refractivity contribution is -0.142. The minimum absolute atomic E-state index is 0.00467. The maximum atomic E-state index is 11.7. The molecular formula is C13H23NO4S. The number of carbonyl (C=O) groups is 1. The lowest BCUT2D eigenvalue weighted by Crippen LogP contribution is -2.43. The van der Waals surface area contributed by atoms with Crippen molar-refractivity contribution in [3.8, 4) is 0 Å². The Balaban J connectivity index is 1.90. The van der Waals surface area contributed by atoms with Gasteiger partial charge in [0.2, 0.25) is 0 Å². The lowest BCUT2D eigenvalue weighted by Gasteiger charge is -2.23. The fourth-order valence-corrected chi connectivity index (χ4v) is 5.00. The number of hydrogen-bond acceptors (Lipinski definition) is 4. The van der Waals surface area contributed by atoms with E-state index in [1.165, 1.54) is 6.26 Å². The zero-order valence-electron chi connectivity index (χ0n) is 11.3. The number of sulfone groups is 1. The van der Waals surface area contributed by atoms with Crippen LogP contribution in [0.5, 0.6) is 0 Å². The summed E-state index contributed by atoms with van der Waals surface area (Å²) in [5, 5.41) is 12.2. The van der Waals surface area contributed by atoms with E-state index < -0.39 is 15.8 Å². The number of aliphatic carboxylic acids is 1. The lowest BCUT2D eigenvalue weighted by atomic mass is 9.96. The van der Waals surface area contributed by atoms with Crippen LogP contribution in [0.1, 0.15) is 38.5 Å². The van der Waals surface area contributed by atoms with Crippen LogP contribution in [0.25, 0.3) is 0 Å². The van der Waals surface area contributed by atoms with Gasteiger partial charge in [0.15, 0.2) is 9.84 Å². The zero-order chi connectivity index (χ0) is 14.0. The van der Waals surface area contributed by atoms with Crippen LogP contribution in [-0.4, -0.2) is 43.6 Å². The molecule has 2 saturated carbocycles. The third-order valence-electron chi connectivity index (χ3n) is 4.62. The zero-order valence-corrected chi connectivity index (χ0v) is 12.2. The van der Waals surface area contributed by atoms with Crippen molar-refractivity contribution in [3.63, 3.8) is 0 Å². The van der Waals surface area contributed by atoms with E-state index in [9.17, 15) is 13.2 Å². The highest BCUT2D eigenvalue weighted by molar-refractivity contribution is 7.91. The predicted octanol–water partition coefficient (Wildman–Crippen LogP) is 1.04. The van der Waals surface area contributed by atoms with Gasteiger partial charge in [0.05, 0.1) is 11.2 Å². The van der Waals surface area contributed by atoms with Crippen molar-refractivity contribution in [2.75, 3.05) is 12.8 Å². The Bertz CT molecular complexity index is 434. The molecular weight excluding hydrogens is 266 g/mol.